The molecule has 4 unspecified atom stereocenters. The van der Waals surface area contributed by atoms with Crippen molar-refractivity contribution in [3.8, 4) is 0 Å². The summed E-state index contributed by atoms with van der Waals surface area (Å²) in [6.45, 7) is 6.29. The van der Waals surface area contributed by atoms with E-state index in [4.69, 9.17) is 9.47 Å². The maximum atomic E-state index is 11.8. The third kappa shape index (κ3) is 17.8. The third-order valence-electron chi connectivity index (χ3n) is 6.48. The number of thiol groups is 1. The highest BCUT2D eigenvalue weighted by Gasteiger charge is 2.43. The first-order chi connectivity index (χ1) is 16.9. The van der Waals surface area contributed by atoms with E-state index in [2.05, 4.69) is 31.2 Å². The number of carbonyl (C=O) groups is 1. The summed E-state index contributed by atoms with van der Waals surface area (Å²) in [4.78, 5) is 11.8. The molecule has 35 heavy (non-hydrogen) atoms. The largest absolute Gasteiger partial charge is 0.464 e. The lowest BCUT2D eigenvalue weighted by Gasteiger charge is -2.28. The Morgan fingerprint density at radius 2 is 1.31 bits per heavy atom. The molecule has 0 saturated heterocycles. The minimum absolute atomic E-state index is 0.367. The van der Waals surface area contributed by atoms with Crippen LogP contribution in [0.3, 0.4) is 0 Å². The van der Waals surface area contributed by atoms with Crippen molar-refractivity contribution in [2.24, 2.45) is 5.92 Å². The average molecular weight is 537 g/mol. The summed E-state index contributed by atoms with van der Waals surface area (Å²) >= 11 is 4.63. The van der Waals surface area contributed by atoms with Crippen molar-refractivity contribution >= 4 is 27.1 Å². The Kier molecular flexibility index (Phi) is 22.8. The van der Waals surface area contributed by atoms with Crippen molar-refractivity contribution < 1.29 is 28.7 Å². The molecule has 8 heteroatoms. The molecule has 0 aliphatic heterocycles. The average Bonchev–Trinajstić information content (AvgIpc) is 2.86. The van der Waals surface area contributed by atoms with Gasteiger partial charge in [0.15, 0.2) is 6.29 Å². The molecule has 0 radical (unpaired) electrons. The molecule has 0 aromatic rings. The quantitative estimate of drug-likeness (QED) is 0.0401. The van der Waals surface area contributed by atoms with Crippen molar-refractivity contribution in [1.82, 2.24) is 0 Å². The topological polar surface area (TPSA) is 82.1 Å². The Bertz CT molecular complexity index is 524. The molecule has 0 aliphatic carbocycles. The molecule has 0 rings (SSSR count). The van der Waals surface area contributed by atoms with E-state index >= 15 is 0 Å². The summed E-state index contributed by atoms with van der Waals surface area (Å²) in [6.07, 6.45) is 20.7. The molecule has 0 heterocycles. The molecule has 6 nitrogen and oxygen atoms in total. The first kappa shape index (κ1) is 34.8. The van der Waals surface area contributed by atoms with E-state index in [1.807, 2.05) is 0 Å². The molecule has 0 aromatic heterocycles. The van der Waals surface area contributed by atoms with Crippen LogP contribution in [0.15, 0.2) is 0 Å². The number of esters is 1. The van der Waals surface area contributed by atoms with Crippen molar-refractivity contribution in [3.05, 3.63) is 0 Å². The van der Waals surface area contributed by atoms with Crippen LogP contribution in [0, 0.1) is 5.92 Å². The number of aliphatic hydroxyl groups is 1. The summed E-state index contributed by atoms with van der Waals surface area (Å²) in [6, 6.07) is 0. The van der Waals surface area contributed by atoms with Crippen molar-refractivity contribution in [1.29, 1.82) is 0 Å². The lowest BCUT2D eigenvalue weighted by molar-refractivity contribution is -0.257. The van der Waals surface area contributed by atoms with E-state index in [-0.39, 0.29) is 0 Å². The second-order valence-electron chi connectivity index (χ2n) is 9.66. The first-order valence-electron chi connectivity index (χ1n) is 14.0. The van der Waals surface area contributed by atoms with Crippen LogP contribution < -0.4 is 0 Å². The predicted octanol–water partition coefficient (Wildman–Crippen LogP) is 8.41. The number of carbonyl (C=O) groups excluding carboxylic acids is 1. The second-order valence-corrected chi connectivity index (χ2v) is 11.0. The molecule has 0 bridgehead atoms. The molecule has 4 atom stereocenters. The van der Waals surface area contributed by atoms with Crippen LogP contribution in [0.4, 0.5) is 0 Å². The van der Waals surface area contributed by atoms with E-state index < -0.39 is 31.7 Å². The number of rotatable bonds is 25. The van der Waals surface area contributed by atoms with Gasteiger partial charge in [-0.15, -0.1) is 12.6 Å². The molecular weight excluding hydrogens is 483 g/mol. The van der Waals surface area contributed by atoms with E-state index in [0.29, 0.717) is 12.3 Å². The molecule has 0 aromatic carbocycles. The zero-order valence-corrected chi connectivity index (χ0v) is 24.6. The fourth-order valence-corrected chi connectivity index (χ4v) is 5.07. The molecule has 0 saturated carbocycles. The molecule has 0 amide bonds. The maximum Gasteiger partial charge on any atom is 0.379 e. The summed E-state index contributed by atoms with van der Waals surface area (Å²) < 4.78 is 27.0. The molecule has 208 valence electrons. The van der Waals surface area contributed by atoms with Crippen LogP contribution in [0.5, 0.6) is 0 Å². The van der Waals surface area contributed by atoms with Crippen LogP contribution in [-0.4, -0.2) is 35.4 Å². The summed E-state index contributed by atoms with van der Waals surface area (Å²) in [7, 11) is 0.206. The Morgan fingerprint density at radius 1 is 0.857 bits per heavy atom. The number of methoxy groups -OCH3 is 1. The van der Waals surface area contributed by atoms with Gasteiger partial charge in [-0.25, -0.2) is 4.79 Å². The zero-order valence-electron chi connectivity index (χ0n) is 22.8. The van der Waals surface area contributed by atoms with Gasteiger partial charge in [0.25, 0.3) is 0 Å². The highest BCUT2D eigenvalue weighted by molar-refractivity contribution is 7.80. The minimum atomic E-state index is -2.57. The van der Waals surface area contributed by atoms with Gasteiger partial charge in [-0.1, -0.05) is 124 Å². The van der Waals surface area contributed by atoms with E-state index in [1.165, 1.54) is 89.9 Å². The lowest BCUT2D eigenvalue weighted by atomic mass is 9.91. The summed E-state index contributed by atoms with van der Waals surface area (Å²) in [5.41, 5.74) is -2.97. The zero-order chi connectivity index (χ0) is 26.4. The van der Waals surface area contributed by atoms with Crippen LogP contribution in [0.1, 0.15) is 136 Å². The van der Waals surface area contributed by atoms with Gasteiger partial charge in [-0.05, 0) is 18.8 Å². The Balaban J connectivity index is 4.62. The van der Waals surface area contributed by atoms with Gasteiger partial charge < -0.3 is 19.3 Å². The van der Waals surface area contributed by atoms with Gasteiger partial charge in [0.2, 0.25) is 8.46 Å². The number of ether oxygens (including phenoxy) is 3. The lowest BCUT2D eigenvalue weighted by Crippen LogP contribution is -2.41. The van der Waals surface area contributed by atoms with Crippen LogP contribution >= 0.6 is 21.1 Å². The second kappa shape index (κ2) is 23.0. The van der Waals surface area contributed by atoms with Gasteiger partial charge in [0, 0.05) is 0 Å². The normalized spacial score (nSPS) is 16.1. The number of hydrogen-bond acceptors (Lipinski definition) is 7. The fourth-order valence-electron chi connectivity index (χ4n) is 4.31. The third-order valence-corrected chi connectivity index (χ3v) is 7.35. The highest BCUT2D eigenvalue weighted by Crippen LogP contribution is 2.30. The smallest absolute Gasteiger partial charge is 0.379 e. The maximum absolute atomic E-state index is 11.8. The molecule has 0 aliphatic rings. The SMILES string of the molecule is CCCCCCCCCCCC(CCCCCCC)CC(S)OC(CC)OC(O)(P=O)C(=O)OC. The van der Waals surface area contributed by atoms with E-state index in [9.17, 15) is 14.5 Å². The van der Waals surface area contributed by atoms with E-state index in [1.54, 1.807) is 6.92 Å². The molecule has 1 N–H and O–H groups in total. The van der Waals surface area contributed by atoms with Gasteiger partial charge in [-0.2, -0.15) is 0 Å². The van der Waals surface area contributed by atoms with Crippen molar-refractivity contribution in [2.75, 3.05) is 7.11 Å². The van der Waals surface area contributed by atoms with Crippen LogP contribution in [0.2, 0.25) is 0 Å². The van der Waals surface area contributed by atoms with Gasteiger partial charge in [0.05, 0.1) is 7.11 Å². The molecular formula is C27H53O6PS. The predicted molar refractivity (Wildman–Crippen MR) is 147 cm³/mol. The van der Waals surface area contributed by atoms with E-state index in [0.717, 1.165) is 26.4 Å². The number of unbranched alkanes of at least 4 members (excludes halogenated alkanes) is 12. The van der Waals surface area contributed by atoms with Crippen LogP contribution in [0.25, 0.3) is 0 Å². The monoisotopic (exact) mass is 536 g/mol. The van der Waals surface area contributed by atoms with Crippen molar-refractivity contribution in [3.63, 3.8) is 0 Å². The Labute approximate surface area is 222 Å². The van der Waals surface area contributed by atoms with Gasteiger partial charge in [-0.3, -0.25) is 4.57 Å². The van der Waals surface area contributed by atoms with Crippen LogP contribution in [-0.2, 0) is 23.6 Å². The first-order valence-corrected chi connectivity index (χ1v) is 15.4. The summed E-state index contributed by atoms with van der Waals surface area (Å²) in [5.74, 6) is -0.611. The van der Waals surface area contributed by atoms with Crippen molar-refractivity contribution in [2.45, 2.75) is 154 Å². The fraction of sp³-hybridized carbons (Fsp3) is 0.963. The highest BCUT2D eigenvalue weighted by atomic mass is 32.1. The minimum Gasteiger partial charge on any atom is -0.464 e. The Hall–Kier alpha value is -0.200. The standard InChI is InChI=1S/C27H53O6PS/c1-5-8-10-12-13-14-15-17-19-21-23(20-18-16-11-9-6-2)22-25(35)32-24(7-3)33-27(29,34-30)26(28)31-4/h23-25,29,35H,5-22H2,1-4H3. The van der Waals surface area contributed by atoms with Gasteiger partial charge in [0.1, 0.15) is 5.44 Å². The Morgan fingerprint density at radius 3 is 1.71 bits per heavy atom. The van der Waals surface area contributed by atoms with Gasteiger partial charge >= 0.3 is 11.5 Å². The molecule has 0 fully saturated rings. The molecule has 0 spiro atoms. The summed E-state index contributed by atoms with van der Waals surface area (Å²) in [5, 5.41) is 10.2. The number of hydrogen-bond donors (Lipinski definition) is 2.